The summed E-state index contributed by atoms with van der Waals surface area (Å²) in [5.41, 5.74) is 7.55. The fraction of sp³-hybridized carbons (Fsp3) is 0.276. The predicted molar refractivity (Wildman–Crippen MR) is 139 cm³/mol. The Morgan fingerprint density at radius 3 is 2.44 bits per heavy atom. The molecular formula is C29H28ClN3O. The van der Waals surface area contributed by atoms with E-state index in [2.05, 4.69) is 30.2 Å². The Balaban J connectivity index is 1.71. The molecule has 5 heteroatoms. The van der Waals surface area contributed by atoms with E-state index in [1.807, 2.05) is 54.9 Å². The van der Waals surface area contributed by atoms with Gasteiger partial charge in [0.2, 0.25) is 0 Å². The molecule has 1 saturated carbocycles. The van der Waals surface area contributed by atoms with Gasteiger partial charge in [0.25, 0.3) is 5.91 Å². The molecule has 2 heterocycles. The van der Waals surface area contributed by atoms with Crippen LogP contribution in [0.4, 0.5) is 0 Å². The van der Waals surface area contributed by atoms with Crippen molar-refractivity contribution in [3.8, 4) is 22.3 Å². The molecule has 1 N–H and O–H groups in total. The number of fused-ring (bicyclic) bond motifs is 1. The van der Waals surface area contributed by atoms with Crippen LogP contribution in [0.1, 0.15) is 53.7 Å². The normalized spacial score (nSPS) is 14.3. The summed E-state index contributed by atoms with van der Waals surface area (Å²) in [4.78, 5) is 22.3. The second kappa shape index (κ2) is 9.55. The van der Waals surface area contributed by atoms with Gasteiger partial charge in [0.15, 0.2) is 0 Å². The van der Waals surface area contributed by atoms with Crippen LogP contribution in [0.3, 0.4) is 0 Å². The minimum absolute atomic E-state index is 0.115. The van der Waals surface area contributed by atoms with Crippen LogP contribution in [0.5, 0.6) is 0 Å². The zero-order valence-corrected chi connectivity index (χ0v) is 20.3. The van der Waals surface area contributed by atoms with Crippen molar-refractivity contribution in [3.63, 3.8) is 0 Å². The molecule has 172 valence electrons. The summed E-state index contributed by atoms with van der Waals surface area (Å²) < 4.78 is 0. The van der Waals surface area contributed by atoms with E-state index in [9.17, 15) is 4.79 Å². The Morgan fingerprint density at radius 2 is 1.71 bits per heavy atom. The molecule has 0 radical (unpaired) electrons. The molecule has 2 aromatic heterocycles. The summed E-state index contributed by atoms with van der Waals surface area (Å²) in [6, 6.07) is 16.0. The van der Waals surface area contributed by atoms with Gasteiger partial charge in [-0.3, -0.25) is 9.78 Å². The summed E-state index contributed by atoms with van der Waals surface area (Å²) in [7, 11) is 0. The third-order valence-corrected chi connectivity index (χ3v) is 7.18. The number of rotatable bonds is 4. The topological polar surface area (TPSA) is 54.9 Å². The smallest absolute Gasteiger partial charge is 0.270 e. The highest BCUT2D eigenvalue weighted by molar-refractivity contribution is 6.33. The SMILES string of the molecule is Cc1cc2nc(C(=O)NC3CCCCC3)cc(-c3ccccc3Cl)c2c(C)c1-c1ccncc1. The molecule has 1 aliphatic rings. The van der Waals surface area contributed by atoms with Crippen LogP contribution in [-0.2, 0) is 0 Å². The second-order valence-corrected chi connectivity index (χ2v) is 9.57. The van der Waals surface area contributed by atoms with Crippen LogP contribution in [0.2, 0.25) is 5.02 Å². The highest BCUT2D eigenvalue weighted by atomic mass is 35.5. The van der Waals surface area contributed by atoms with E-state index in [1.165, 1.54) is 6.42 Å². The largest absolute Gasteiger partial charge is 0.348 e. The Labute approximate surface area is 205 Å². The van der Waals surface area contributed by atoms with E-state index in [0.29, 0.717) is 10.7 Å². The number of halogens is 1. The summed E-state index contributed by atoms with van der Waals surface area (Å²) in [6.45, 7) is 4.21. The molecule has 0 bridgehead atoms. The molecule has 0 spiro atoms. The molecule has 0 atom stereocenters. The second-order valence-electron chi connectivity index (χ2n) is 9.17. The van der Waals surface area contributed by atoms with Crippen LogP contribution in [0.15, 0.2) is 60.9 Å². The summed E-state index contributed by atoms with van der Waals surface area (Å²) in [5.74, 6) is -0.115. The van der Waals surface area contributed by atoms with Crippen LogP contribution in [0.25, 0.3) is 33.2 Å². The van der Waals surface area contributed by atoms with E-state index < -0.39 is 0 Å². The van der Waals surface area contributed by atoms with Crippen molar-refractivity contribution >= 4 is 28.4 Å². The maximum absolute atomic E-state index is 13.3. The monoisotopic (exact) mass is 469 g/mol. The Hall–Kier alpha value is -3.24. The molecule has 0 unspecified atom stereocenters. The number of amides is 1. The fourth-order valence-electron chi connectivity index (χ4n) is 5.24. The average Bonchev–Trinajstić information content (AvgIpc) is 2.85. The first-order chi connectivity index (χ1) is 16.5. The van der Waals surface area contributed by atoms with E-state index in [0.717, 1.165) is 70.0 Å². The summed E-state index contributed by atoms with van der Waals surface area (Å²) >= 11 is 6.66. The van der Waals surface area contributed by atoms with E-state index in [-0.39, 0.29) is 11.9 Å². The number of aryl methyl sites for hydroxylation is 2. The third kappa shape index (κ3) is 4.30. The van der Waals surface area contributed by atoms with E-state index >= 15 is 0 Å². The molecule has 4 aromatic rings. The third-order valence-electron chi connectivity index (χ3n) is 6.85. The molecule has 1 amide bonds. The summed E-state index contributed by atoms with van der Waals surface area (Å²) in [6.07, 6.45) is 9.26. The number of nitrogens with one attached hydrogen (secondary N) is 1. The maximum atomic E-state index is 13.3. The summed E-state index contributed by atoms with van der Waals surface area (Å²) in [5, 5.41) is 4.88. The number of aromatic nitrogens is 2. The lowest BCUT2D eigenvalue weighted by atomic mass is 9.89. The van der Waals surface area contributed by atoms with Crippen molar-refractivity contribution < 1.29 is 4.79 Å². The zero-order chi connectivity index (χ0) is 23.7. The van der Waals surface area contributed by atoms with Crippen LogP contribution >= 0.6 is 11.6 Å². The number of nitrogens with zero attached hydrogens (tertiary/aromatic N) is 2. The van der Waals surface area contributed by atoms with E-state index in [4.69, 9.17) is 16.6 Å². The number of carbonyl (C=O) groups excluding carboxylic acids is 1. The van der Waals surface area contributed by atoms with Gasteiger partial charge in [-0.15, -0.1) is 0 Å². The van der Waals surface area contributed by atoms with Gasteiger partial charge in [0.1, 0.15) is 5.69 Å². The molecule has 1 fully saturated rings. The first kappa shape index (κ1) is 22.5. The zero-order valence-electron chi connectivity index (χ0n) is 19.6. The van der Waals surface area contributed by atoms with Gasteiger partial charge in [0, 0.05) is 34.4 Å². The lowest BCUT2D eigenvalue weighted by Crippen LogP contribution is -2.36. The Kier molecular flexibility index (Phi) is 6.34. The molecule has 5 rings (SSSR count). The van der Waals surface area contributed by atoms with Gasteiger partial charge in [-0.25, -0.2) is 4.98 Å². The molecule has 4 nitrogen and oxygen atoms in total. The highest BCUT2D eigenvalue weighted by Gasteiger charge is 2.22. The molecule has 0 aliphatic heterocycles. The Morgan fingerprint density at radius 1 is 0.971 bits per heavy atom. The minimum Gasteiger partial charge on any atom is -0.348 e. The van der Waals surface area contributed by atoms with Gasteiger partial charge in [-0.05, 0) is 84.8 Å². The van der Waals surface area contributed by atoms with Gasteiger partial charge >= 0.3 is 0 Å². The fourth-order valence-corrected chi connectivity index (χ4v) is 5.48. The first-order valence-electron chi connectivity index (χ1n) is 11.9. The van der Waals surface area contributed by atoms with Gasteiger partial charge in [-0.1, -0.05) is 49.1 Å². The first-order valence-corrected chi connectivity index (χ1v) is 12.3. The lowest BCUT2D eigenvalue weighted by Gasteiger charge is -2.23. The number of hydrogen-bond donors (Lipinski definition) is 1. The molecule has 2 aromatic carbocycles. The number of carbonyl (C=O) groups is 1. The molecule has 1 aliphatic carbocycles. The van der Waals surface area contributed by atoms with E-state index in [1.54, 1.807) is 0 Å². The number of pyridine rings is 2. The maximum Gasteiger partial charge on any atom is 0.270 e. The lowest BCUT2D eigenvalue weighted by molar-refractivity contribution is 0.0923. The average molecular weight is 470 g/mol. The molecule has 34 heavy (non-hydrogen) atoms. The quantitative estimate of drug-likeness (QED) is 0.341. The van der Waals surface area contributed by atoms with Crippen LogP contribution < -0.4 is 5.32 Å². The highest BCUT2D eigenvalue weighted by Crippen LogP contribution is 2.40. The van der Waals surface area contributed by atoms with Crippen molar-refractivity contribution in [1.29, 1.82) is 0 Å². The number of hydrogen-bond acceptors (Lipinski definition) is 3. The van der Waals surface area contributed by atoms with Crippen LogP contribution in [0, 0.1) is 13.8 Å². The van der Waals surface area contributed by atoms with Gasteiger partial charge in [0.05, 0.1) is 5.52 Å². The van der Waals surface area contributed by atoms with Crippen molar-refractivity contribution in [2.24, 2.45) is 0 Å². The van der Waals surface area contributed by atoms with Gasteiger partial charge < -0.3 is 5.32 Å². The van der Waals surface area contributed by atoms with Crippen molar-refractivity contribution in [3.05, 3.63) is 82.8 Å². The standard InChI is InChI=1S/C29H28ClN3O/c1-18-16-25-28(19(2)27(18)20-12-14-31-15-13-20)23(22-10-6-7-11-24(22)30)17-26(33-25)29(34)32-21-8-4-3-5-9-21/h6-7,10-17,21H,3-5,8-9H2,1-2H3,(H,32,34). The number of benzene rings is 2. The molecular weight excluding hydrogens is 442 g/mol. The minimum atomic E-state index is -0.115. The van der Waals surface area contributed by atoms with Crippen molar-refractivity contribution in [1.82, 2.24) is 15.3 Å². The van der Waals surface area contributed by atoms with Gasteiger partial charge in [-0.2, -0.15) is 0 Å². The predicted octanol–water partition coefficient (Wildman–Crippen LogP) is 7.30. The van der Waals surface area contributed by atoms with Crippen molar-refractivity contribution in [2.45, 2.75) is 52.0 Å². The van der Waals surface area contributed by atoms with Crippen LogP contribution in [-0.4, -0.2) is 21.9 Å². The Bertz CT molecular complexity index is 1360. The molecule has 0 saturated heterocycles. The van der Waals surface area contributed by atoms with Crippen molar-refractivity contribution in [2.75, 3.05) is 0 Å².